The number of para-hydroxylation sites is 3. The molecule has 0 radical (unpaired) electrons. The lowest BCUT2D eigenvalue weighted by atomic mass is 9.72. The molecule has 2 heteroatoms. The molecular weight excluding hydrogens is 857 g/mol. The Bertz CT molecular complexity index is 3980. The van der Waals surface area contributed by atoms with Gasteiger partial charge in [-0.2, -0.15) is 0 Å². The highest BCUT2D eigenvalue weighted by Crippen LogP contribution is 2.62. The molecule has 2 atom stereocenters. The molecule has 0 amide bonds. The Hall–Kier alpha value is -8.98. The maximum absolute atomic E-state index is 2.55. The second kappa shape index (κ2) is 16.3. The molecule has 1 unspecified atom stereocenters. The van der Waals surface area contributed by atoms with Gasteiger partial charge in [0.15, 0.2) is 0 Å². The maximum atomic E-state index is 2.55. The van der Waals surface area contributed by atoms with Gasteiger partial charge in [-0.05, 0) is 128 Å². The van der Waals surface area contributed by atoms with E-state index in [0.717, 1.165) is 17.1 Å². The third kappa shape index (κ3) is 6.49. The average Bonchev–Trinajstić information content (AvgIpc) is 4.11. The van der Waals surface area contributed by atoms with Crippen LogP contribution in [0, 0.1) is 5.92 Å². The fraction of sp³-hybridized carbons (Fsp3) is 0.0435. The fourth-order valence-corrected chi connectivity index (χ4v) is 12.0. The lowest BCUT2D eigenvalue weighted by Crippen LogP contribution is -2.24. The van der Waals surface area contributed by atoms with Crippen molar-refractivity contribution in [3.63, 3.8) is 0 Å². The van der Waals surface area contributed by atoms with E-state index in [1.54, 1.807) is 0 Å². The number of allylic oxidation sites excluding steroid dienone is 6. The SMILES string of the molecule is CC1(c2ccccc2)C2=C(c3c(N(c4ccc(-c5ccc6c(c5)c5ccccc5n6-c5ccccc5)cc4)c4ccccc4-c4ccccc4-c4ccccc4-c4ccccc4)cccc31)[C@@H]1C=C1C=C2. The van der Waals surface area contributed by atoms with Gasteiger partial charge in [-0.25, -0.2) is 0 Å². The first-order valence-electron chi connectivity index (χ1n) is 24.8. The summed E-state index contributed by atoms with van der Waals surface area (Å²) in [7, 11) is 0. The summed E-state index contributed by atoms with van der Waals surface area (Å²) < 4.78 is 2.38. The first-order valence-corrected chi connectivity index (χ1v) is 24.8. The normalized spacial score (nSPS) is 16.4. The predicted molar refractivity (Wildman–Crippen MR) is 298 cm³/mol. The Morgan fingerprint density at radius 2 is 1.00 bits per heavy atom. The highest BCUT2D eigenvalue weighted by atomic mass is 15.1. The topological polar surface area (TPSA) is 8.17 Å². The van der Waals surface area contributed by atoms with Crippen LogP contribution in [0.1, 0.15) is 23.6 Å². The van der Waals surface area contributed by atoms with E-state index >= 15 is 0 Å². The third-order valence-electron chi connectivity index (χ3n) is 15.4. The minimum absolute atomic E-state index is 0.304. The number of rotatable bonds is 9. The second-order valence-electron chi connectivity index (χ2n) is 19.3. The van der Waals surface area contributed by atoms with E-state index in [4.69, 9.17) is 0 Å². The van der Waals surface area contributed by atoms with Gasteiger partial charge in [-0.1, -0.05) is 212 Å². The van der Waals surface area contributed by atoms with Gasteiger partial charge in [0.1, 0.15) is 0 Å². The number of anilines is 3. The Morgan fingerprint density at radius 3 is 1.76 bits per heavy atom. The highest BCUT2D eigenvalue weighted by molar-refractivity contribution is 6.11. The number of fused-ring (bicyclic) bond motifs is 7. The minimum atomic E-state index is -0.328. The summed E-state index contributed by atoms with van der Waals surface area (Å²) in [5, 5.41) is 2.49. The van der Waals surface area contributed by atoms with Crippen LogP contribution in [0.25, 0.3) is 77.6 Å². The van der Waals surface area contributed by atoms with E-state index in [2.05, 4.69) is 283 Å². The summed E-state index contributed by atoms with van der Waals surface area (Å²) in [6.45, 7) is 2.44. The van der Waals surface area contributed by atoms with Gasteiger partial charge in [0.05, 0.1) is 22.4 Å². The molecule has 71 heavy (non-hydrogen) atoms. The van der Waals surface area contributed by atoms with E-state index in [0.29, 0.717) is 5.92 Å². The number of hydrogen-bond acceptors (Lipinski definition) is 1. The monoisotopic (exact) mass is 904 g/mol. The molecule has 0 saturated heterocycles. The molecule has 0 bridgehead atoms. The van der Waals surface area contributed by atoms with Crippen molar-refractivity contribution in [2.45, 2.75) is 12.3 Å². The molecule has 334 valence electrons. The van der Waals surface area contributed by atoms with Crippen LogP contribution in [0.15, 0.2) is 278 Å². The van der Waals surface area contributed by atoms with Gasteiger partial charge in [-0.15, -0.1) is 0 Å². The Labute approximate surface area is 415 Å². The molecule has 2 nitrogen and oxygen atoms in total. The number of nitrogens with zero attached hydrogens (tertiary/aromatic N) is 2. The lowest BCUT2D eigenvalue weighted by molar-refractivity contribution is 0.705. The molecule has 10 aromatic carbocycles. The van der Waals surface area contributed by atoms with Crippen LogP contribution >= 0.6 is 0 Å². The highest BCUT2D eigenvalue weighted by Gasteiger charge is 2.49. The summed E-state index contributed by atoms with van der Waals surface area (Å²) in [5.41, 5.74) is 24.4. The van der Waals surface area contributed by atoms with E-state index in [-0.39, 0.29) is 5.41 Å². The Kier molecular flexibility index (Phi) is 9.44. The zero-order valence-electron chi connectivity index (χ0n) is 39.4. The summed E-state index contributed by atoms with van der Waals surface area (Å²) in [5.74, 6) is 0.304. The first kappa shape index (κ1) is 41.0. The largest absolute Gasteiger partial charge is 0.309 e. The van der Waals surface area contributed by atoms with E-state index in [1.807, 2.05) is 0 Å². The van der Waals surface area contributed by atoms with Gasteiger partial charge in [0, 0.05) is 44.6 Å². The number of hydrogen-bond donors (Lipinski definition) is 0. The van der Waals surface area contributed by atoms with Crippen LogP contribution in [-0.2, 0) is 5.41 Å². The molecule has 14 rings (SSSR count). The molecule has 3 aliphatic carbocycles. The summed E-state index contributed by atoms with van der Waals surface area (Å²) in [4.78, 5) is 2.55. The summed E-state index contributed by atoms with van der Waals surface area (Å²) in [6.07, 6.45) is 7.20. The van der Waals surface area contributed by atoms with Crippen LogP contribution in [0.4, 0.5) is 17.1 Å². The first-order chi connectivity index (χ1) is 35.1. The third-order valence-corrected chi connectivity index (χ3v) is 15.4. The van der Waals surface area contributed by atoms with Crippen molar-refractivity contribution in [3.05, 3.63) is 295 Å². The molecule has 0 saturated carbocycles. The van der Waals surface area contributed by atoms with E-state index in [9.17, 15) is 0 Å². The average molecular weight is 905 g/mol. The standard InChI is InChI=1S/C69H48N2/c1-69(50-22-7-3-8-23-50)61-32-19-35-66(68(61)67-59-45-49(59)38-42-62(67)69)71(63-33-17-15-30-57(63)56-29-14-13-28-55(56)54-27-12-11-26-53(54)47-20-5-2-6-21-47)52-40-36-46(37-41-52)48-39-43-65-60(44-48)58-31-16-18-34-64(58)70(65)51-24-9-4-10-25-51/h2-45,59H,1H3/t59-,69?/m1/s1. The molecule has 0 N–H and O–H groups in total. The van der Waals surface area contributed by atoms with Crippen molar-refractivity contribution >= 4 is 44.4 Å². The van der Waals surface area contributed by atoms with Gasteiger partial charge in [0.25, 0.3) is 0 Å². The molecule has 0 spiro atoms. The van der Waals surface area contributed by atoms with Crippen LogP contribution in [0.5, 0.6) is 0 Å². The number of aromatic nitrogens is 1. The molecule has 3 aliphatic rings. The van der Waals surface area contributed by atoms with Crippen LogP contribution in [0.3, 0.4) is 0 Å². The van der Waals surface area contributed by atoms with Crippen molar-refractivity contribution in [1.29, 1.82) is 0 Å². The second-order valence-corrected chi connectivity index (χ2v) is 19.3. The lowest BCUT2D eigenvalue weighted by Gasteiger charge is -2.32. The van der Waals surface area contributed by atoms with Crippen LogP contribution in [-0.4, -0.2) is 4.57 Å². The van der Waals surface area contributed by atoms with Gasteiger partial charge in [-0.3, -0.25) is 0 Å². The molecular formula is C69H48N2. The smallest absolute Gasteiger partial charge is 0.0541 e. The van der Waals surface area contributed by atoms with Crippen molar-refractivity contribution in [2.75, 3.05) is 4.90 Å². The zero-order chi connectivity index (χ0) is 47.0. The fourth-order valence-electron chi connectivity index (χ4n) is 12.0. The van der Waals surface area contributed by atoms with Crippen LogP contribution in [0.2, 0.25) is 0 Å². The molecule has 1 heterocycles. The van der Waals surface area contributed by atoms with E-state index in [1.165, 1.54) is 105 Å². The van der Waals surface area contributed by atoms with Crippen molar-refractivity contribution in [3.8, 4) is 50.2 Å². The minimum Gasteiger partial charge on any atom is -0.309 e. The van der Waals surface area contributed by atoms with Gasteiger partial charge < -0.3 is 9.47 Å². The summed E-state index contributed by atoms with van der Waals surface area (Å²) >= 11 is 0. The maximum Gasteiger partial charge on any atom is 0.0541 e. The van der Waals surface area contributed by atoms with Crippen LogP contribution < -0.4 is 4.90 Å². The Balaban J connectivity index is 0.969. The van der Waals surface area contributed by atoms with Crippen molar-refractivity contribution in [2.24, 2.45) is 5.92 Å². The van der Waals surface area contributed by atoms with E-state index < -0.39 is 0 Å². The van der Waals surface area contributed by atoms with Crippen molar-refractivity contribution < 1.29 is 0 Å². The molecule has 0 aliphatic heterocycles. The molecule has 11 aromatic rings. The zero-order valence-corrected chi connectivity index (χ0v) is 39.4. The van der Waals surface area contributed by atoms with Gasteiger partial charge >= 0.3 is 0 Å². The molecule has 0 fully saturated rings. The Morgan fingerprint density at radius 1 is 0.423 bits per heavy atom. The predicted octanol–water partition coefficient (Wildman–Crippen LogP) is 18.1. The van der Waals surface area contributed by atoms with Crippen molar-refractivity contribution in [1.82, 2.24) is 4.57 Å². The van der Waals surface area contributed by atoms with Gasteiger partial charge in [0.2, 0.25) is 0 Å². The quantitative estimate of drug-likeness (QED) is 0.140. The summed E-state index contributed by atoms with van der Waals surface area (Å²) in [6, 6.07) is 91.5. The number of benzene rings is 10. The molecule has 1 aromatic heterocycles.